The molecule has 0 saturated carbocycles. The molecule has 0 fully saturated rings. The minimum absolute atomic E-state index is 0.00304. The standard InChI is InChI=1S/C13H10FN3O/c1-9-16-6-11(8-18)17(9)7-10-3-4-13(15-2)12(14)5-10/h3-6,8H,7H2,1H3. The average Bonchev–Trinajstić information content (AvgIpc) is 2.71. The highest BCUT2D eigenvalue weighted by atomic mass is 19.1. The van der Waals surface area contributed by atoms with Crippen LogP contribution in [0.15, 0.2) is 24.4 Å². The van der Waals surface area contributed by atoms with Gasteiger partial charge in [0, 0.05) is 6.54 Å². The van der Waals surface area contributed by atoms with E-state index in [1.54, 1.807) is 17.6 Å². The smallest absolute Gasteiger partial charge is 0.222 e. The quantitative estimate of drug-likeness (QED) is 0.614. The second-order valence-corrected chi connectivity index (χ2v) is 3.83. The number of aldehydes is 1. The molecule has 0 bridgehead atoms. The second-order valence-electron chi connectivity index (χ2n) is 3.83. The number of imidazole rings is 1. The van der Waals surface area contributed by atoms with Crippen molar-refractivity contribution in [1.29, 1.82) is 0 Å². The van der Waals surface area contributed by atoms with Gasteiger partial charge in [0.05, 0.1) is 12.8 Å². The molecule has 4 nitrogen and oxygen atoms in total. The van der Waals surface area contributed by atoms with Crippen LogP contribution in [0.5, 0.6) is 0 Å². The van der Waals surface area contributed by atoms with Crippen molar-refractivity contribution in [3.05, 3.63) is 58.7 Å². The lowest BCUT2D eigenvalue weighted by atomic mass is 10.2. The van der Waals surface area contributed by atoms with E-state index in [4.69, 9.17) is 6.57 Å². The van der Waals surface area contributed by atoms with Crippen molar-refractivity contribution in [2.75, 3.05) is 0 Å². The fourth-order valence-electron chi connectivity index (χ4n) is 1.71. The Bertz CT molecular complexity index is 640. The van der Waals surface area contributed by atoms with Gasteiger partial charge in [0.1, 0.15) is 17.3 Å². The maximum Gasteiger partial charge on any atom is 0.222 e. The Morgan fingerprint density at radius 3 is 2.94 bits per heavy atom. The molecular weight excluding hydrogens is 233 g/mol. The molecule has 0 aliphatic heterocycles. The molecule has 1 heterocycles. The first-order valence-corrected chi connectivity index (χ1v) is 5.29. The van der Waals surface area contributed by atoms with Crippen LogP contribution in [-0.2, 0) is 6.54 Å². The van der Waals surface area contributed by atoms with E-state index in [9.17, 15) is 9.18 Å². The first-order chi connectivity index (χ1) is 8.65. The minimum atomic E-state index is -0.548. The Balaban J connectivity index is 2.35. The summed E-state index contributed by atoms with van der Waals surface area (Å²) in [5, 5.41) is 0. The molecule has 0 amide bonds. The van der Waals surface area contributed by atoms with Crippen molar-refractivity contribution >= 4 is 12.0 Å². The van der Waals surface area contributed by atoms with Gasteiger partial charge >= 0.3 is 0 Å². The van der Waals surface area contributed by atoms with Gasteiger partial charge in [-0.05, 0) is 18.6 Å². The van der Waals surface area contributed by atoms with Gasteiger partial charge in [-0.15, -0.1) is 0 Å². The van der Waals surface area contributed by atoms with Gasteiger partial charge in [-0.25, -0.2) is 14.2 Å². The van der Waals surface area contributed by atoms with Crippen molar-refractivity contribution < 1.29 is 9.18 Å². The van der Waals surface area contributed by atoms with Crippen LogP contribution in [0.25, 0.3) is 4.85 Å². The van der Waals surface area contributed by atoms with E-state index in [0.717, 1.165) is 0 Å². The summed E-state index contributed by atoms with van der Waals surface area (Å²) in [5.41, 5.74) is 1.13. The Kier molecular flexibility index (Phi) is 3.20. The molecule has 1 aromatic carbocycles. The Morgan fingerprint density at radius 2 is 2.33 bits per heavy atom. The molecule has 0 atom stereocenters. The maximum absolute atomic E-state index is 13.5. The number of carbonyl (C=O) groups is 1. The number of aryl methyl sites for hydroxylation is 1. The summed E-state index contributed by atoms with van der Waals surface area (Å²) < 4.78 is 15.1. The van der Waals surface area contributed by atoms with Gasteiger partial charge in [-0.1, -0.05) is 12.1 Å². The number of hydrogen-bond donors (Lipinski definition) is 0. The molecule has 0 saturated heterocycles. The van der Waals surface area contributed by atoms with E-state index < -0.39 is 5.82 Å². The minimum Gasteiger partial charge on any atom is -0.322 e. The van der Waals surface area contributed by atoms with E-state index in [1.807, 2.05) is 0 Å². The van der Waals surface area contributed by atoms with Crippen LogP contribution >= 0.6 is 0 Å². The number of aromatic nitrogens is 2. The summed E-state index contributed by atoms with van der Waals surface area (Å²) in [6.07, 6.45) is 2.19. The third-order valence-corrected chi connectivity index (χ3v) is 2.68. The van der Waals surface area contributed by atoms with Gasteiger partial charge in [-0.3, -0.25) is 4.79 Å². The fourth-order valence-corrected chi connectivity index (χ4v) is 1.71. The van der Waals surface area contributed by atoms with Crippen molar-refractivity contribution in [3.8, 4) is 0 Å². The number of benzene rings is 1. The maximum atomic E-state index is 13.5. The molecule has 0 spiro atoms. The van der Waals surface area contributed by atoms with E-state index in [0.29, 0.717) is 29.9 Å². The van der Waals surface area contributed by atoms with Crippen LogP contribution in [0.3, 0.4) is 0 Å². The SMILES string of the molecule is [C-]#[N+]c1ccc(Cn2c(C=O)cnc2C)cc1F. The zero-order chi connectivity index (χ0) is 13.1. The average molecular weight is 243 g/mol. The Morgan fingerprint density at radius 1 is 1.56 bits per heavy atom. The van der Waals surface area contributed by atoms with E-state index in [2.05, 4.69) is 9.83 Å². The number of hydrogen-bond acceptors (Lipinski definition) is 2. The Labute approximate surface area is 104 Å². The molecule has 0 radical (unpaired) electrons. The molecule has 90 valence electrons. The summed E-state index contributed by atoms with van der Waals surface area (Å²) in [7, 11) is 0. The first-order valence-electron chi connectivity index (χ1n) is 5.29. The van der Waals surface area contributed by atoms with E-state index in [1.165, 1.54) is 18.3 Å². The molecule has 1 aromatic heterocycles. The van der Waals surface area contributed by atoms with Crippen LogP contribution in [-0.4, -0.2) is 15.8 Å². The van der Waals surface area contributed by atoms with Crippen molar-refractivity contribution in [2.45, 2.75) is 13.5 Å². The van der Waals surface area contributed by atoms with Gasteiger partial charge in [0.15, 0.2) is 6.29 Å². The zero-order valence-electron chi connectivity index (χ0n) is 9.72. The molecule has 0 aliphatic carbocycles. The summed E-state index contributed by atoms with van der Waals surface area (Å²) in [5.74, 6) is 0.139. The topological polar surface area (TPSA) is 39.2 Å². The number of halogens is 1. The van der Waals surface area contributed by atoms with E-state index in [-0.39, 0.29) is 5.69 Å². The molecule has 2 aromatic rings. The lowest BCUT2D eigenvalue weighted by Crippen LogP contribution is -2.06. The molecule has 2 rings (SSSR count). The van der Waals surface area contributed by atoms with Crippen LogP contribution in [0.2, 0.25) is 0 Å². The normalized spacial score (nSPS) is 10.1. The number of carbonyl (C=O) groups excluding carboxylic acids is 1. The molecular formula is C13H10FN3O. The van der Waals surface area contributed by atoms with Crippen molar-refractivity contribution in [3.63, 3.8) is 0 Å². The van der Waals surface area contributed by atoms with Gasteiger partial charge in [0.25, 0.3) is 0 Å². The summed E-state index contributed by atoms with van der Waals surface area (Å²) in [4.78, 5) is 17.9. The van der Waals surface area contributed by atoms with Gasteiger partial charge in [0.2, 0.25) is 5.69 Å². The van der Waals surface area contributed by atoms with Crippen molar-refractivity contribution in [1.82, 2.24) is 9.55 Å². The van der Waals surface area contributed by atoms with Crippen molar-refractivity contribution in [2.24, 2.45) is 0 Å². The summed E-state index contributed by atoms with van der Waals surface area (Å²) in [6.45, 7) is 8.90. The number of rotatable bonds is 3. The first kappa shape index (κ1) is 12.0. The van der Waals surface area contributed by atoms with Gasteiger partial charge in [-0.2, -0.15) is 0 Å². The van der Waals surface area contributed by atoms with Crippen LogP contribution in [0, 0.1) is 19.3 Å². The predicted molar refractivity (Wildman–Crippen MR) is 64.1 cm³/mol. The molecule has 18 heavy (non-hydrogen) atoms. The zero-order valence-corrected chi connectivity index (χ0v) is 9.72. The third kappa shape index (κ3) is 2.13. The fraction of sp³-hybridized carbons (Fsp3) is 0.154. The summed E-state index contributed by atoms with van der Waals surface area (Å²) in [6, 6.07) is 4.41. The second kappa shape index (κ2) is 4.80. The monoisotopic (exact) mass is 243 g/mol. The Hall–Kier alpha value is -2.48. The number of nitrogens with zero attached hydrogens (tertiary/aromatic N) is 3. The molecule has 0 N–H and O–H groups in total. The van der Waals surface area contributed by atoms with Crippen LogP contribution in [0.4, 0.5) is 10.1 Å². The van der Waals surface area contributed by atoms with Crippen LogP contribution < -0.4 is 0 Å². The highest BCUT2D eigenvalue weighted by molar-refractivity contribution is 5.71. The van der Waals surface area contributed by atoms with Gasteiger partial charge < -0.3 is 4.57 Å². The van der Waals surface area contributed by atoms with E-state index >= 15 is 0 Å². The highest BCUT2D eigenvalue weighted by Gasteiger charge is 2.08. The molecule has 0 aliphatic rings. The third-order valence-electron chi connectivity index (χ3n) is 2.68. The largest absolute Gasteiger partial charge is 0.322 e. The predicted octanol–water partition coefficient (Wildman–Crippen LogP) is 2.74. The molecule has 0 unspecified atom stereocenters. The summed E-state index contributed by atoms with van der Waals surface area (Å²) >= 11 is 0. The lowest BCUT2D eigenvalue weighted by molar-refractivity contribution is 0.111. The lowest BCUT2D eigenvalue weighted by Gasteiger charge is -2.07. The molecule has 5 heteroatoms. The van der Waals surface area contributed by atoms with Crippen LogP contribution in [0.1, 0.15) is 21.9 Å². The highest BCUT2D eigenvalue weighted by Crippen LogP contribution is 2.19.